The highest BCUT2D eigenvalue weighted by atomic mass is 32.2. The topological polar surface area (TPSA) is 66.9 Å². The van der Waals surface area contributed by atoms with Crippen molar-refractivity contribution in [2.45, 2.75) is 56.7 Å². The van der Waals surface area contributed by atoms with Gasteiger partial charge in [-0.1, -0.05) is 55.5 Å². The van der Waals surface area contributed by atoms with Crippen LogP contribution in [-0.2, 0) is 4.79 Å². The summed E-state index contributed by atoms with van der Waals surface area (Å²) in [5.41, 5.74) is 2.87. The Balaban J connectivity index is 1.79. The lowest BCUT2D eigenvalue weighted by atomic mass is 10.0. The smallest absolute Gasteiger partial charge is 0.270 e. The van der Waals surface area contributed by atoms with Gasteiger partial charge in [-0.2, -0.15) is 0 Å². The van der Waals surface area contributed by atoms with E-state index in [2.05, 4.69) is 41.6 Å². The summed E-state index contributed by atoms with van der Waals surface area (Å²) in [6, 6.07) is 8.51. The van der Waals surface area contributed by atoms with Crippen molar-refractivity contribution >= 4 is 23.5 Å². The Kier molecular flexibility index (Phi) is 4.94. The first kappa shape index (κ1) is 17.5. The molecule has 0 spiro atoms. The minimum absolute atomic E-state index is 0.0350. The summed E-state index contributed by atoms with van der Waals surface area (Å²) in [4.78, 5) is 25.2. The van der Waals surface area contributed by atoms with Crippen LogP contribution in [0.4, 0.5) is 5.82 Å². The normalized spacial score (nSPS) is 21.6. The van der Waals surface area contributed by atoms with Crippen molar-refractivity contribution in [1.82, 2.24) is 9.78 Å². The molecule has 4 rings (SSSR count). The van der Waals surface area contributed by atoms with E-state index in [1.807, 2.05) is 4.68 Å². The second kappa shape index (κ2) is 7.35. The van der Waals surface area contributed by atoms with Gasteiger partial charge in [0.2, 0.25) is 5.91 Å². The molecular formula is C20H25N3O2S. The van der Waals surface area contributed by atoms with Crippen LogP contribution in [0, 0.1) is 6.92 Å². The number of H-pyrrole nitrogens is 1. The van der Waals surface area contributed by atoms with Crippen LogP contribution in [0.25, 0.3) is 0 Å². The number of aromatic nitrogens is 2. The van der Waals surface area contributed by atoms with Gasteiger partial charge in [0, 0.05) is 0 Å². The number of amides is 1. The zero-order valence-electron chi connectivity index (χ0n) is 15.1. The van der Waals surface area contributed by atoms with Crippen LogP contribution in [0.2, 0.25) is 0 Å². The van der Waals surface area contributed by atoms with E-state index in [-0.39, 0.29) is 22.8 Å². The lowest BCUT2D eigenvalue weighted by molar-refractivity contribution is -0.113. The van der Waals surface area contributed by atoms with Gasteiger partial charge in [-0.15, -0.1) is 11.8 Å². The number of nitrogens with zero attached hydrogens (tertiary/aromatic N) is 1. The lowest BCUT2D eigenvalue weighted by Crippen LogP contribution is -2.19. The van der Waals surface area contributed by atoms with Gasteiger partial charge in [0.25, 0.3) is 5.56 Å². The Labute approximate surface area is 157 Å². The summed E-state index contributed by atoms with van der Waals surface area (Å²) >= 11 is 1.53. The van der Waals surface area contributed by atoms with Crippen LogP contribution < -0.4 is 10.9 Å². The molecule has 1 aromatic carbocycles. The van der Waals surface area contributed by atoms with Crippen LogP contribution >= 0.6 is 11.8 Å². The highest BCUT2D eigenvalue weighted by molar-refractivity contribution is 8.00. The molecule has 1 aliphatic carbocycles. The van der Waals surface area contributed by atoms with Crippen LogP contribution in [0.5, 0.6) is 0 Å². The van der Waals surface area contributed by atoms with Gasteiger partial charge < -0.3 is 5.32 Å². The number of thioether (sulfide) groups is 1. The quantitative estimate of drug-likeness (QED) is 0.779. The second-order valence-corrected chi connectivity index (χ2v) is 8.46. The maximum Gasteiger partial charge on any atom is 0.270 e. The van der Waals surface area contributed by atoms with Gasteiger partial charge in [-0.25, -0.2) is 0 Å². The van der Waals surface area contributed by atoms with Crippen LogP contribution in [0.15, 0.2) is 29.1 Å². The van der Waals surface area contributed by atoms with Crippen molar-refractivity contribution in [3.8, 4) is 0 Å². The first-order chi connectivity index (χ1) is 12.6. The highest BCUT2D eigenvalue weighted by Crippen LogP contribution is 2.41. The fraction of sp³-hybridized carbons (Fsp3) is 0.500. The number of carbonyl (C=O) groups excluding carboxylic acids is 1. The Morgan fingerprint density at radius 1 is 1.04 bits per heavy atom. The first-order valence-electron chi connectivity index (χ1n) is 9.46. The van der Waals surface area contributed by atoms with Crippen molar-refractivity contribution in [3.05, 3.63) is 51.3 Å². The minimum atomic E-state index is -0.125. The van der Waals surface area contributed by atoms with Gasteiger partial charge >= 0.3 is 0 Å². The number of carbonyl (C=O) groups is 1. The monoisotopic (exact) mass is 371 g/mol. The lowest BCUT2D eigenvalue weighted by Gasteiger charge is -2.19. The average Bonchev–Trinajstić information content (AvgIpc) is 2.83. The summed E-state index contributed by atoms with van der Waals surface area (Å²) < 4.78 is 1.95. The van der Waals surface area contributed by atoms with Gasteiger partial charge in [0.1, 0.15) is 5.82 Å². The molecule has 2 aromatic rings. The van der Waals surface area contributed by atoms with Gasteiger partial charge in [-0.3, -0.25) is 19.4 Å². The van der Waals surface area contributed by atoms with Crippen LogP contribution in [0.3, 0.4) is 0 Å². The second-order valence-electron chi connectivity index (χ2n) is 7.37. The molecule has 1 fully saturated rings. The Bertz CT molecular complexity index is 845. The molecule has 1 aliphatic heterocycles. The van der Waals surface area contributed by atoms with E-state index in [1.165, 1.54) is 43.0 Å². The summed E-state index contributed by atoms with van der Waals surface area (Å²) in [7, 11) is 0. The molecule has 0 saturated heterocycles. The highest BCUT2D eigenvalue weighted by Gasteiger charge is 2.32. The maximum atomic E-state index is 12.9. The van der Waals surface area contributed by atoms with E-state index < -0.39 is 0 Å². The van der Waals surface area contributed by atoms with Gasteiger partial charge in [0.05, 0.1) is 22.6 Å². The molecule has 0 radical (unpaired) electrons. The number of rotatable bonds is 2. The maximum absolute atomic E-state index is 12.9. The van der Waals surface area contributed by atoms with Crippen LogP contribution in [0.1, 0.15) is 66.5 Å². The van der Waals surface area contributed by atoms with E-state index in [0.717, 1.165) is 18.4 Å². The van der Waals surface area contributed by atoms with Crippen molar-refractivity contribution in [1.29, 1.82) is 0 Å². The molecule has 2 N–H and O–H groups in total. The molecule has 26 heavy (non-hydrogen) atoms. The zero-order valence-corrected chi connectivity index (χ0v) is 15.9. The molecule has 1 atom stereocenters. The minimum Gasteiger partial charge on any atom is -0.310 e. The number of fused-ring (bicyclic) bond motifs is 1. The molecule has 1 aromatic heterocycles. The number of aryl methyl sites for hydroxylation is 1. The molecule has 138 valence electrons. The van der Waals surface area contributed by atoms with E-state index in [1.54, 1.807) is 0 Å². The summed E-state index contributed by atoms with van der Waals surface area (Å²) in [6.07, 6.45) is 6.94. The Morgan fingerprint density at radius 2 is 1.73 bits per heavy atom. The van der Waals surface area contributed by atoms with E-state index in [9.17, 15) is 9.59 Å². The SMILES string of the molecule is Cc1ccc(C2SCC(=O)Nc3c2c(=O)[nH]n3C2CCCCCC2)cc1. The standard InChI is InChI=1S/C20H25N3O2S/c1-13-8-10-14(11-9-13)18-17-19(21-16(24)12-26-18)23(22-20(17)25)15-6-4-2-3-5-7-15/h8-11,15,18H,2-7,12H2,1H3,(H,21,24)(H,22,25). The number of hydrogen-bond donors (Lipinski definition) is 2. The molecule has 2 heterocycles. The summed E-state index contributed by atoms with van der Waals surface area (Å²) in [5.74, 6) is 1.01. The summed E-state index contributed by atoms with van der Waals surface area (Å²) in [5, 5.41) is 5.93. The third-order valence-electron chi connectivity index (χ3n) is 5.43. The summed E-state index contributed by atoms with van der Waals surface area (Å²) in [6.45, 7) is 2.05. The fourth-order valence-electron chi connectivity index (χ4n) is 4.04. The van der Waals surface area contributed by atoms with Gasteiger partial charge in [-0.05, 0) is 25.3 Å². The van der Waals surface area contributed by atoms with Crippen LogP contribution in [-0.4, -0.2) is 21.4 Å². The van der Waals surface area contributed by atoms with Crippen molar-refractivity contribution < 1.29 is 4.79 Å². The van der Waals surface area contributed by atoms with E-state index >= 15 is 0 Å². The molecule has 1 saturated carbocycles. The molecule has 5 nitrogen and oxygen atoms in total. The Hall–Kier alpha value is -1.95. The third-order valence-corrected chi connectivity index (χ3v) is 6.70. The average molecular weight is 372 g/mol. The number of aromatic amines is 1. The van der Waals surface area contributed by atoms with E-state index in [0.29, 0.717) is 17.1 Å². The molecule has 1 unspecified atom stereocenters. The number of benzene rings is 1. The third kappa shape index (κ3) is 3.34. The molecule has 6 heteroatoms. The molecule has 2 aliphatic rings. The van der Waals surface area contributed by atoms with Crippen molar-refractivity contribution in [2.24, 2.45) is 0 Å². The number of nitrogens with one attached hydrogen (secondary N) is 2. The van der Waals surface area contributed by atoms with E-state index in [4.69, 9.17) is 0 Å². The first-order valence-corrected chi connectivity index (χ1v) is 10.5. The van der Waals surface area contributed by atoms with Crippen molar-refractivity contribution in [3.63, 3.8) is 0 Å². The Morgan fingerprint density at radius 3 is 2.42 bits per heavy atom. The largest absolute Gasteiger partial charge is 0.310 e. The number of anilines is 1. The predicted molar refractivity (Wildman–Crippen MR) is 106 cm³/mol. The zero-order chi connectivity index (χ0) is 18.1. The van der Waals surface area contributed by atoms with Crippen molar-refractivity contribution in [2.75, 3.05) is 11.1 Å². The molecule has 0 bridgehead atoms. The number of hydrogen-bond acceptors (Lipinski definition) is 3. The molecular weight excluding hydrogens is 346 g/mol. The molecule has 1 amide bonds. The van der Waals surface area contributed by atoms with Gasteiger partial charge in [0.15, 0.2) is 0 Å². The predicted octanol–water partition coefficient (Wildman–Crippen LogP) is 4.15. The fourth-order valence-corrected chi connectivity index (χ4v) is 5.16.